The van der Waals surface area contributed by atoms with Gasteiger partial charge in [0.1, 0.15) is 5.76 Å². The Hall–Kier alpha value is -2.14. The van der Waals surface area contributed by atoms with Crippen LogP contribution in [0.2, 0.25) is 0 Å². The van der Waals surface area contributed by atoms with E-state index in [1.54, 1.807) is 26.0 Å². The lowest BCUT2D eigenvalue weighted by atomic mass is 10.2. The molecule has 0 heterocycles. The molecule has 0 saturated heterocycles. The Morgan fingerprint density at radius 2 is 1.72 bits per heavy atom. The number of ether oxygens (including phenoxy) is 1. The van der Waals surface area contributed by atoms with Crippen molar-refractivity contribution in [2.45, 2.75) is 13.8 Å². The second-order valence-electron chi connectivity index (χ2n) is 4.57. The molecule has 7 heteroatoms. The monoisotopic (exact) mass is 366 g/mol. The van der Waals surface area contributed by atoms with Crippen molar-refractivity contribution in [1.82, 2.24) is 0 Å². The van der Waals surface area contributed by atoms with E-state index in [1.807, 2.05) is 30.3 Å². The Balaban J connectivity index is 3.03. The van der Waals surface area contributed by atoms with Crippen LogP contribution in [0.25, 0.3) is 6.08 Å². The fraction of sp³-hybridized carbons (Fsp3) is 0.278. The zero-order chi connectivity index (χ0) is 18.5. The molecule has 0 aliphatic rings. The molecule has 0 fully saturated rings. The van der Waals surface area contributed by atoms with E-state index in [2.05, 4.69) is 4.74 Å². The number of allylic oxidation sites excluding steroid dienone is 3. The Bertz CT molecular complexity index is 653. The van der Waals surface area contributed by atoms with E-state index < -0.39 is 13.8 Å². The first-order valence-electron chi connectivity index (χ1n) is 7.81. The van der Waals surface area contributed by atoms with Crippen molar-refractivity contribution in [2.24, 2.45) is 0 Å². The van der Waals surface area contributed by atoms with Gasteiger partial charge in [-0.15, -0.1) is 0 Å². The first-order chi connectivity index (χ1) is 12.0. The standard InChI is InChI=1S/C18H23O6P/c1-4-22-25(20,23-5-2)24-17(12-9-13-18(19)21-3)15-14-16-10-7-6-8-11-16/h6-15H,4-5H2,1-3H3/b13-9+,15-14+,17-12-. The summed E-state index contributed by atoms with van der Waals surface area (Å²) in [6, 6.07) is 9.51. The van der Waals surface area contributed by atoms with E-state index in [-0.39, 0.29) is 19.0 Å². The van der Waals surface area contributed by atoms with E-state index in [4.69, 9.17) is 13.6 Å². The van der Waals surface area contributed by atoms with Crippen LogP contribution in [0.15, 0.2) is 60.4 Å². The lowest BCUT2D eigenvalue weighted by Gasteiger charge is -2.17. The van der Waals surface area contributed by atoms with E-state index >= 15 is 0 Å². The molecule has 0 amide bonds. The molecule has 6 nitrogen and oxygen atoms in total. The molecule has 0 spiro atoms. The number of esters is 1. The highest BCUT2D eigenvalue weighted by Gasteiger charge is 2.27. The maximum atomic E-state index is 12.5. The molecule has 0 aliphatic heterocycles. The number of phosphoric ester groups is 1. The lowest BCUT2D eigenvalue weighted by Crippen LogP contribution is -1.99. The lowest BCUT2D eigenvalue weighted by molar-refractivity contribution is -0.134. The van der Waals surface area contributed by atoms with E-state index in [9.17, 15) is 9.36 Å². The predicted octanol–water partition coefficient (Wildman–Crippen LogP) is 4.51. The molecule has 0 N–H and O–H groups in total. The topological polar surface area (TPSA) is 71.1 Å². The number of hydrogen-bond donors (Lipinski definition) is 0. The van der Waals surface area contributed by atoms with Gasteiger partial charge >= 0.3 is 13.8 Å². The van der Waals surface area contributed by atoms with Crippen LogP contribution in [0.1, 0.15) is 19.4 Å². The first kappa shape index (κ1) is 20.9. The van der Waals surface area contributed by atoms with Gasteiger partial charge in [-0.1, -0.05) is 42.5 Å². The third-order valence-electron chi connectivity index (χ3n) is 2.73. The third kappa shape index (κ3) is 8.49. The largest absolute Gasteiger partial charge is 0.530 e. The average Bonchev–Trinajstić information content (AvgIpc) is 2.60. The summed E-state index contributed by atoms with van der Waals surface area (Å²) < 4.78 is 32.7. The summed E-state index contributed by atoms with van der Waals surface area (Å²) in [5.74, 6) is -0.297. The molecular weight excluding hydrogens is 343 g/mol. The zero-order valence-corrected chi connectivity index (χ0v) is 15.5. The molecule has 136 valence electrons. The first-order valence-corrected chi connectivity index (χ1v) is 9.27. The number of hydrogen-bond acceptors (Lipinski definition) is 6. The van der Waals surface area contributed by atoms with Gasteiger partial charge in [-0.05, 0) is 31.6 Å². The fourth-order valence-corrected chi connectivity index (χ4v) is 2.88. The maximum Gasteiger partial charge on any atom is 0.530 e. The number of rotatable bonds is 10. The van der Waals surface area contributed by atoms with E-state index in [0.29, 0.717) is 0 Å². The van der Waals surface area contributed by atoms with E-state index in [0.717, 1.165) is 5.56 Å². The summed E-state index contributed by atoms with van der Waals surface area (Å²) in [6.45, 7) is 3.72. The van der Waals surface area contributed by atoms with Gasteiger partial charge in [0.2, 0.25) is 0 Å². The summed E-state index contributed by atoms with van der Waals surface area (Å²) in [4.78, 5) is 11.2. The molecule has 0 atom stereocenters. The molecule has 0 saturated carbocycles. The van der Waals surface area contributed by atoms with Crippen LogP contribution in [0.4, 0.5) is 0 Å². The molecule has 1 aromatic rings. The molecule has 0 bridgehead atoms. The van der Waals surface area contributed by atoms with E-state index in [1.165, 1.54) is 25.3 Å². The molecule has 0 radical (unpaired) electrons. The quantitative estimate of drug-likeness (QED) is 0.199. The van der Waals surface area contributed by atoms with Crippen LogP contribution >= 0.6 is 7.82 Å². The van der Waals surface area contributed by atoms with Crippen LogP contribution in [-0.4, -0.2) is 26.3 Å². The molecular formula is C18H23O6P. The normalized spacial score (nSPS) is 12.7. The average molecular weight is 366 g/mol. The van der Waals surface area contributed by atoms with Crippen LogP contribution in [-0.2, 0) is 27.7 Å². The Kier molecular flexibility index (Phi) is 9.55. The van der Waals surface area contributed by atoms with Crippen molar-refractivity contribution in [3.8, 4) is 0 Å². The highest BCUT2D eigenvalue weighted by atomic mass is 31.2. The van der Waals surface area contributed by atoms with Gasteiger partial charge in [0.05, 0.1) is 20.3 Å². The molecule has 1 aromatic carbocycles. The summed E-state index contributed by atoms with van der Waals surface area (Å²) in [5, 5.41) is 0. The smallest absolute Gasteiger partial charge is 0.466 e. The second-order valence-corrected chi connectivity index (χ2v) is 6.16. The van der Waals surface area contributed by atoms with Gasteiger partial charge in [-0.3, -0.25) is 9.05 Å². The van der Waals surface area contributed by atoms with Gasteiger partial charge in [-0.2, -0.15) is 0 Å². The molecule has 0 unspecified atom stereocenters. The predicted molar refractivity (Wildman–Crippen MR) is 96.7 cm³/mol. The van der Waals surface area contributed by atoms with Crippen molar-refractivity contribution in [1.29, 1.82) is 0 Å². The molecule has 1 rings (SSSR count). The Morgan fingerprint density at radius 3 is 2.28 bits per heavy atom. The minimum Gasteiger partial charge on any atom is -0.466 e. The van der Waals surface area contributed by atoms with Crippen molar-refractivity contribution in [3.05, 3.63) is 66.0 Å². The van der Waals surface area contributed by atoms with Crippen LogP contribution in [0.3, 0.4) is 0 Å². The number of phosphoric acid groups is 1. The number of carbonyl (C=O) groups excluding carboxylic acids is 1. The van der Waals surface area contributed by atoms with Crippen molar-refractivity contribution in [2.75, 3.05) is 20.3 Å². The summed E-state index contributed by atoms with van der Waals surface area (Å²) in [7, 11) is -2.46. The van der Waals surface area contributed by atoms with Crippen LogP contribution < -0.4 is 0 Å². The van der Waals surface area contributed by atoms with Gasteiger partial charge in [0.25, 0.3) is 0 Å². The van der Waals surface area contributed by atoms with Gasteiger partial charge in [0.15, 0.2) is 0 Å². The molecule has 25 heavy (non-hydrogen) atoms. The van der Waals surface area contributed by atoms with Gasteiger partial charge in [0, 0.05) is 6.08 Å². The molecule has 0 aliphatic carbocycles. The van der Waals surface area contributed by atoms with Crippen LogP contribution in [0.5, 0.6) is 0 Å². The SMILES string of the molecule is CCOP(=O)(OCC)OC(=C\C=C\C(=O)OC)/C=C/c1ccccc1. The van der Waals surface area contributed by atoms with Gasteiger partial charge < -0.3 is 9.26 Å². The third-order valence-corrected chi connectivity index (χ3v) is 4.31. The minimum absolute atomic E-state index is 0.172. The number of methoxy groups -OCH3 is 1. The van der Waals surface area contributed by atoms with Crippen LogP contribution in [0, 0.1) is 0 Å². The maximum absolute atomic E-state index is 12.5. The molecule has 0 aromatic heterocycles. The van der Waals surface area contributed by atoms with Crippen molar-refractivity contribution < 1.29 is 27.7 Å². The summed E-state index contributed by atoms with van der Waals surface area (Å²) >= 11 is 0. The Labute approximate surface area is 148 Å². The van der Waals surface area contributed by atoms with Gasteiger partial charge in [-0.25, -0.2) is 9.36 Å². The minimum atomic E-state index is -3.74. The Morgan fingerprint density at radius 1 is 1.08 bits per heavy atom. The highest BCUT2D eigenvalue weighted by Crippen LogP contribution is 2.51. The van der Waals surface area contributed by atoms with Crippen molar-refractivity contribution in [3.63, 3.8) is 0 Å². The number of carbonyl (C=O) groups is 1. The summed E-state index contributed by atoms with van der Waals surface area (Å²) in [5.41, 5.74) is 0.927. The highest BCUT2D eigenvalue weighted by molar-refractivity contribution is 7.48. The summed E-state index contributed by atoms with van der Waals surface area (Å²) in [6.07, 6.45) is 7.51. The van der Waals surface area contributed by atoms with Crippen molar-refractivity contribution >= 4 is 19.9 Å². The number of benzene rings is 1. The zero-order valence-electron chi connectivity index (χ0n) is 14.6. The fourth-order valence-electron chi connectivity index (χ4n) is 1.68. The second kappa shape index (κ2) is 11.4.